The minimum absolute atomic E-state index is 0.294. The Bertz CT molecular complexity index is 1110. The van der Waals surface area contributed by atoms with Crippen molar-refractivity contribution in [1.82, 2.24) is 0 Å². The van der Waals surface area contributed by atoms with Gasteiger partial charge in [-0.15, -0.1) is 11.3 Å². The first-order chi connectivity index (χ1) is 12.9. The summed E-state index contributed by atoms with van der Waals surface area (Å²) in [4.78, 5) is 2.03. The second-order valence-electron chi connectivity index (χ2n) is 6.51. The lowest BCUT2D eigenvalue weighted by Gasteiger charge is -2.20. The lowest BCUT2D eigenvalue weighted by molar-refractivity contribution is -0.136. The van der Waals surface area contributed by atoms with Crippen LogP contribution < -0.4 is 4.90 Å². The number of thiophene rings is 1. The van der Waals surface area contributed by atoms with Gasteiger partial charge in [0.1, 0.15) is 0 Å². The predicted octanol–water partition coefficient (Wildman–Crippen LogP) is 7.40. The molecule has 3 aromatic carbocycles. The number of alkyl halides is 3. The monoisotopic (exact) mass is 385 g/mol. The van der Waals surface area contributed by atoms with Gasteiger partial charge in [0.25, 0.3) is 0 Å². The summed E-state index contributed by atoms with van der Waals surface area (Å²) in [6.45, 7) is 2.11. The number of anilines is 2. The van der Waals surface area contributed by atoms with Crippen molar-refractivity contribution < 1.29 is 13.2 Å². The Kier molecular flexibility index (Phi) is 4.35. The molecule has 0 aliphatic carbocycles. The quantitative estimate of drug-likeness (QED) is 0.355. The van der Waals surface area contributed by atoms with Gasteiger partial charge in [0, 0.05) is 28.2 Å². The zero-order valence-corrected chi connectivity index (χ0v) is 15.8. The molecule has 0 atom stereocenters. The first-order valence-electron chi connectivity index (χ1n) is 8.74. The van der Waals surface area contributed by atoms with Gasteiger partial charge in [-0.05, 0) is 36.2 Å². The Morgan fingerprint density at radius 3 is 2.11 bits per heavy atom. The third kappa shape index (κ3) is 3.06. The van der Waals surface area contributed by atoms with E-state index in [4.69, 9.17) is 0 Å². The molecule has 1 aromatic heterocycles. The van der Waals surface area contributed by atoms with E-state index in [2.05, 4.69) is 19.1 Å². The molecular formula is C22H18F3NS. The Morgan fingerprint density at radius 1 is 0.852 bits per heavy atom. The fourth-order valence-electron chi connectivity index (χ4n) is 3.39. The molecule has 0 saturated carbocycles. The summed E-state index contributed by atoms with van der Waals surface area (Å²) in [6.07, 6.45) is -3.39. The van der Waals surface area contributed by atoms with Gasteiger partial charge in [0.2, 0.25) is 0 Å². The number of fused-ring (bicyclic) bond motifs is 3. The highest BCUT2D eigenvalue weighted by molar-refractivity contribution is 7.26. The minimum atomic E-state index is -4.36. The summed E-state index contributed by atoms with van der Waals surface area (Å²) < 4.78 is 41.5. The van der Waals surface area contributed by atoms with Crippen molar-refractivity contribution in [1.29, 1.82) is 0 Å². The van der Waals surface area contributed by atoms with Crippen molar-refractivity contribution in [3.63, 3.8) is 0 Å². The van der Waals surface area contributed by atoms with Gasteiger partial charge < -0.3 is 4.90 Å². The van der Waals surface area contributed by atoms with Crippen LogP contribution in [0, 0.1) is 0 Å². The maximum atomic E-state index is 13.4. The molecule has 0 radical (unpaired) electrons. The first kappa shape index (κ1) is 17.9. The zero-order chi connectivity index (χ0) is 19.2. The Balaban J connectivity index is 1.91. The SMILES string of the molecule is CCc1ccc(N(C)c2cccc3c2sc2c(C(F)(F)F)cccc23)cc1. The Morgan fingerprint density at radius 2 is 1.48 bits per heavy atom. The topological polar surface area (TPSA) is 3.24 Å². The van der Waals surface area contributed by atoms with Crippen LogP contribution in [0.2, 0.25) is 0 Å². The van der Waals surface area contributed by atoms with Crippen LogP contribution in [-0.2, 0) is 12.6 Å². The van der Waals surface area contributed by atoms with Crippen LogP contribution in [0.15, 0.2) is 60.7 Å². The second kappa shape index (κ2) is 6.57. The van der Waals surface area contributed by atoms with E-state index in [1.807, 2.05) is 42.3 Å². The van der Waals surface area contributed by atoms with Crippen LogP contribution in [0.25, 0.3) is 20.2 Å². The fraction of sp³-hybridized carbons (Fsp3) is 0.182. The molecule has 1 heterocycles. The fourth-order valence-corrected chi connectivity index (χ4v) is 4.77. The van der Waals surface area contributed by atoms with Crippen molar-refractivity contribution >= 4 is 42.9 Å². The summed E-state index contributed by atoms with van der Waals surface area (Å²) in [5.74, 6) is 0. The van der Waals surface area contributed by atoms with E-state index in [0.29, 0.717) is 10.1 Å². The molecule has 4 rings (SSSR count). The maximum absolute atomic E-state index is 13.4. The van der Waals surface area contributed by atoms with E-state index in [1.165, 1.54) is 23.0 Å². The molecule has 0 aliphatic heterocycles. The molecule has 0 fully saturated rings. The van der Waals surface area contributed by atoms with Gasteiger partial charge in [-0.3, -0.25) is 0 Å². The molecule has 0 aliphatic rings. The van der Waals surface area contributed by atoms with E-state index in [1.54, 1.807) is 6.07 Å². The number of hydrogen-bond acceptors (Lipinski definition) is 2. The molecule has 0 bridgehead atoms. The number of nitrogens with zero attached hydrogens (tertiary/aromatic N) is 1. The van der Waals surface area contributed by atoms with Gasteiger partial charge in [0.05, 0.1) is 16.0 Å². The Labute approximate surface area is 159 Å². The smallest absolute Gasteiger partial charge is 0.343 e. The highest BCUT2D eigenvalue weighted by Gasteiger charge is 2.33. The summed E-state index contributed by atoms with van der Waals surface area (Å²) in [5, 5.41) is 1.51. The van der Waals surface area contributed by atoms with Gasteiger partial charge in [-0.2, -0.15) is 13.2 Å². The van der Waals surface area contributed by atoms with Crippen LogP contribution in [0.1, 0.15) is 18.1 Å². The molecule has 5 heteroatoms. The van der Waals surface area contributed by atoms with E-state index in [9.17, 15) is 13.2 Å². The van der Waals surface area contributed by atoms with Crippen molar-refractivity contribution in [2.24, 2.45) is 0 Å². The normalized spacial score (nSPS) is 12.0. The molecule has 4 aromatic rings. The third-order valence-electron chi connectivity index (χ3n) is 4.90. The highest BCUT2D eigenvalue weighted by atomic mass is 32.1. The minimum Gasteiger partial charge on any atom is -0.343 e. The number of halogens is 3. The Hall–Kier alpha value is -2.53. The molecule has 0 amide bonds. The predicted molar refractivity (Wildman–Crippen MR) is 108 cm³/mol. The van der Waals surface area contributed by atoms with Crippen molar-refractivity contribution in [2.45, 2.75) is 19.5 Å². The summed E-state index contributed by atoms with van der Waals surface area (Å²) in [5.41, 5.74) is 2.60. The van der Waals surface area contributed by atoms with Crippen molar-refractivity contribution in [3.8, 4) is 0 Å². The molecule has 0 spiro atoms. The van der Waals surface area contributed by atoms with Gasteiger partial charge >= 0.3 is 6.18 Å². The standard InChI is InChI=1S/C22H18F3NS/c1-3-14-10-12-15(13-11-14)26(2)19-9-5-7-17-16-6-4-8-18(22(23,24)25)20(16)27-21(17)19/h4-13H,3H2,1-2H3. The maximum Gasteiger partial charge on any atom is 0.417 e. The molecule has 0 unspecified atom stereocenters. The summed E-state index contributed by atoms with van der Waals surface area (Å²) in [6, 6.07) is 18.4. The van der Waals surface area contributed by atoms with Crippen LogP contribution in [0.5, 0.6) is 0 Å². The average molecular weight is 385 g/mol. The third-order valence-corrected chi connectivity index (χ3v) is 6.18. The van der Waals surface area contributed by atoms with Gasteiger partial charge in [-0.1, -0.05) is 43.3 Å². The van der Waals surface area contributed by atoms with Crippen molar-refractivity contribution in [3.05, 3.63) is 71.8 Å². The number of aryl methyl sites for hydroxylation is 1. The van der Waals surface area contributed by atoms with Gasteiger partial charge in [0.15, 0.2) is 0 Å². The largest absolute Gasteiger partial charge is 0.417 e. The van der Waals surface area contributed by atoms with E-state index >= 15 is 0 Å². The molecule has 27 heavy (non-hydrogen) atoms. The molecule has 0 N–H and O–H groups in total. The van der Waals surface area contributed by atoms with Crippen LogP contribution in [-0.4, -0.2) is 7.05 Å². The average Bonchev–Trinajstić information content (AvgIpc) is 3.05. The molecule has 138 valence electrons. The van der Waals surface area contributed by atoms with Crippen LogP contribution >= 0.6 is 11.3 Å². The van der Waals surface area contributed by atoms with Crippen molar-refractivity contribution in [2.75, 3.05) is 11.9 Å². The summed E-state index contributed by atoms with van der Waals surface area (Å²) >= 11 is 1.21. The number of hydrogen-bond donors (Lipinski definition) is 0. The lowest BCUT2D eigenvalue weighted by Crippen LogP contribution is -2.09. The highest BCUT2D eigenvalue weighted by Crippen LogP contribution is 2.45. The van der Waals surface area contributed by atoms with Crippen LogP contribution in [0.3, 0.4) is 0 Å². The molecule has 1 nitrogen and oxygen atoms in total. The van der Waals surface area contributed by atoms with E-state index < -0.39 is 11.7 Å². The number of rotatable bonds is 3. The van der Waals surface area contributed by atoms with Gasteiger partial charge in [-0.25, -0.2) is 0 Å². The van der Waals surface area contributed by atoms with Crippen LogP contribution in [0.4, 0.5) is 24.5 Å². The van der Waals surface area contributed by atoms with E-state index in [0.717, 1.165) is 33.9 Å². The lowest BCUT2D eigenvalue weighted by atomic mass is 10.1. The molecular weight excluding hydrogens is 367 g/mol. The summed E-state index contributed by atoms with van der Waals surface area (Å²) in [7, 11) is 1.95. The second-order valence-corrected chi connectivity index (χ2v) is 7.54. The first-order valence-corrected chi connectivity index (χ1v) is 9.56. The van der Waals surface area contributed by atoms with E-state index in [-0.39, 0.29) is 0 Å². The number of benzene rings is 3. The zero-order valence-electron chi connectivity index (χ0n) is 15.0. The molecule has 0 saturated heterocycles.